The number of pyridine rings is 1. The van der Waals surface area contributed by atoms with Crippen molar-refractivity contribution in [3.05, 3.63) is 50.3 Å². The Bertz CT molecular complexity index is 915. The Morgan fingerprint density at radius 1 is 1.15 bits per heavy atom. The maximum atomic E-state index is 12.5. The minimum Gasteiger partial charge on any atom is -0.465 e. The van der Waals surface area contributed by atoms with Gasteiger partial charge in [0.25, 0.3) is 0 Å². The Kier molecular flexibility index (Phi) is 5.71. The molecule has 0 saturated carbocycles. The number of aryl methyl sites for hydroxylation is 1. The largest absolute Gasteiger partial charge is 0.465 e. The summed E-state index contributed by atoms with van der Waals surface area (Å²) in [5, 5.41) is 11.8. The zero-order valence-corrected chi connectivity index (χ0v) is 14.6. The summed E-state index contributed by atoms with van der Waals surface area (Å²) in [5.74, 6) is -3.74. The number of ether oxygens (including phenoxy) is 2. The highest BCUT2D eigenvalue weighted by Crippen LogP contribution is 2.33. The smallest absolute Gasteiger partial charge is 0.339 e. The molecule has 138 valence electrons. The lowest BCUT2D eigenvalue weighted by Gasteiger charge is -2.17. The molecule has 2 aromatic rings. The average molecular weight is 362 g/mol. The minimum absolute atomic E-state index is 0.0364. The fraction of sp³-hybridized carbons (Fsp3) is 0.353. The molecule has 0 radical (unpaired) electrons. The van der Waals surface area contributed by atoms with Crippen LogP contribution in [-0.2, 0) is 26.1 Å². The number of benzene rings is 1. The quantitative estimate of drug-likeness (QED) is 0.332. The molecule has 0 amide bonds. The zero-order chi connectivity index (χ0) is 19.4. The van der Waals surface area contributed by atoms with E-state index in [1.165, 1.54) is 27.0 Å². The Balaban J connectivity index is 2.94. The third-order valence-corrected chi connectivity index (χ3v) is 3.83. The van der Waals surface area contributed by atoms with Crippen LogP contribution in [0, 0.1) is 10.1 Å². The van der Waals surface area contributed by atoms with E-state index in [0.717, 1.165) is 4.57 Å². The third kappa shape index (κ3) is 3.28. The van der Waals surface area contributed by atoms with Crippen LogP contribution in [0.15, 0.2) is 29.1 Å². The van der Waals surface area contributed by atoms with Crippen molar-refractivity contribution in [3.8, 4) is 0 Å². The number of esters is 2. The summed E-state index contributed by atoms with van der Waals surface area (Å²) < 4.78 is 10.9. The molecule has 1 aromatic carbocycles. The number of hydrogen-bond donors (Lipinski definition) is 0. The van der Waals surface area contributed by atoms with Crippen molar-refractivity contribution in [1.29, 1.82) is 0 Å². The van der Waals surface area contributed by atoms with Gasteiger partial charge in [-0.3, -0.25) is 24.5 Å². The van der Waals surface area contributed by atoms with Crippen molar-refractivity contribution in [2.24, 2.45) is 7.05 Å². The summed E-state index contributed by atoms with van der Waals surface area (Å²) in [6.45, 7) is 3.00. The summed E-state index contributed by atoms with van der Waals surface area (Å²) in [6, 6.07) is 6.30. The molecule has 0 bridgehead atoms. The van der Waals surface area contributed by atoms with Gasteiger partial charge in [0, 0.05) is 12.4 Å². The number of nitrogens with zero attached hydrogens (tertiary/aromatic N) is 2. The number of rotatable bonds is 6. The molecule has 26 heavy (non-hydrogen) atoms. The first-order chi connectivity index (χ1) is 12.3. The summed E-state index contributed by atoms with van der Waals surface area (Å²) in [5.41, 5.74) is -1.75. The standard InChI is InChI=1S/C17H18N2O7/c1-4-25-16(21)13(17(22)26-5-2)12-10-8-6-7-9-11(10)18(3)15(20)14(12)19(23)24/h6-9,13H,4-5H2,1-3H3. The molecule has 9 nitrogen and oxygen atoms in total. The van der Waals surface area contributed by atoms with Gasteiger partial charge in [0.1, 0.15) is 0 Å². The molecule has 0 aliphatic rings. The van der Waals surface area contributed by atoms with E-state index >= 15 is 0 Å². The highest BCUT2D eigenvalue weighted by molar-refractivity contribution is 6.06. The Morgan fingerprint density at radius 2 is 1.69 bits per heavy atom. The minimum atomic E-state index is -1.73. The van der Waals surface area contributed by atoms with Crippen LogP contribution in [-0.4, -0.2) is 34.6 Å². The fourth-order valence-corrected chi connectivity index (χ4v) is 2.76. The average Bonchev–Trinajstić information content (AvgIpc) is 2.59. The van der Waals surface area contributed by atoms with Gasteiger partial charge in [-0.2, -0.15) is 0 Å². The Hall–Kier alpha value is -3.23. The van der Waals surface area contributed by atoms with Gasteiger partial charge in [-0.05, 0) is 19.9 Å². The van der Waals surface area contributed by atoms with E-state index in [1.807, 2.05) is 0 Å². The van der Waals surface area contributed by atoms with Gasteiger partial charge < -0.3 is 14.0 Å². The zero-order valence-electron chi connectivity index (χ0n) is 14.6. The van der Waals surface area contributed by atoms with E-state index in [0.29, 0.717) is 5.52 Å². The first kappa shape index (κ1) is 19.1. The number of fused-ring (bicyclic) bond motifs is 1. The van der Waals surface area contributed by atoms with E-state index in [9.17, 15) is 24.5 Å². The van der Waals surface area contributed by atoms with Crippen LogP contribution in [0.25, 0.3) is 10.9 Å². The number of hydrogen-bond acceptors (Lipinski definition) is 7. The van der Waals surface area contributed by atoms with Crippen molar-refractivity contribution in [2.75, 3.05) is 13.2 Å². The van der Waals surface area contributed by atoms with Crippen LogP contribution >= 0.6 is 0 Å². The number of para-hydroxylation sites is 1. The van der Waals surface area contributed by atoms with Gasteiger partial charge in [0.2, 0.25) is 0 Å². The van der Waals surface area contributed by atoms with Crippen molar-refractivity contribution < 1.29 is 24.0 Å². The fourth-order valence-electron chi connectivity index (χ4n) is 2.76. The lowest BCUT2D eigenvalue weighted by Crippen LogP contribution is -2.31. The van der Waals surface area contributed by atoms with Gasteiger partial charge in [0.15, 0.2) is 5.92 Å². The third-order valence-electron chi connectivity index (χ3n) is 3.83. The lowest BCUT2D eigenvalue weighted by molar-refractivity contribution is -0.387. The first-order valence-electron chi connectivity index (χ1n) is 7.94. The Labute approximate surface area is 148 Å². The second-order valence-electron chi connectivity index (χ2n) is 5.34. The predicted molar refractivity (Wildman–Crippen MR) is 91.9 cm³/mol. The van der Waals surface area contributed by atoms with Crippen LogP contribution < -0.4 is 5.56 Å². The van der Waals surface area contributed by atoms with E-state index in [2.05, 4.69) is 0 Å². The van der Waals surface area contributed by atoms with Gasteiger partial charge in [-0.25, -0.2) is 0 Å². The highest BCUT2D eigenvalue weighted by Gasteiger charge is 2.40. The maximum Gasteiger partial charge on any atom is 0.339 e. The second kappa shape index (κ2) is 7.77. The molecule has 0 aliphatic carbocycles. The SMILES string of the molecule is CCOC(=O)C(C(=O)OCC)c1c([N+](=O)[O-])c(=O)n(C)c2ccccc12. The molecular formula is C17H18N2O7. The van der Waals surface area contributed by atoms with Crippen molar-refractivity contribution in [3.63, 3.8) is 0 Å². The van der Waals surface area contributed by atoms with Crippen LogP contribution in [0.3, 0.4) is 0 Å². The van der Waals surface area contributed by atoms with Gasteiger partial charge in [-0.15, -0.1) is 0 Å². The van der Waals surface area contributed by atoms with E-state index in [1.54, 1.807) is 18.2 Å². The van der Waals surface area contributed by atoms with Crippen molar-refractivity contribution in [2.45, 2.75) is 19.8 Å². The molecule has 0 fully saturated rings. The van der Waals surface area contributed by atoms with Crippen LogP contribution in [0.2, 0.25) is 0 Å². The van der Waals surface area contributed by atoms with E-state index in [-0.39, 0.29) is 24.2 Å². The molecule has 0 unspecified atom stereocenters. The number of nitro groups is 1. The van der Waals surface area contributed by atoms with Gasteiger partial charge in [0.05, 0.1) is 29.2 Å². The highest BCUT2D eigenvalue weighted by atomic mass is 16.6. The molecule has 1 heterocycles. The summed E-state index contributed by atoms with van der Waals surface area (Å²) in [7, 11) is 1.38. The summed E-state index contributed by atoms with van der Waals surface area (Å²) in [6.07, 6.45) is 0. The molecule has 9 heteroatoms. The number of carbonyl (C=O) groups excluding carboxylic acids is 2. The molecule has 0 N–H and O–H groups in total. The second-order valence-corrected chi connectivity index (χ2v) is 5.34. The summed E-state index contributed by atoms with van der Waals surface area (Å²) >= 11 is 0. The van der Waals surface area contributed by atoms with Gasteiger partial charge in [-0.1, -0.05) is 18.2 Å². The number of carbonyl (C=O) groups is 2. The molecule has 0 spiro atoms. The van der Waals surface area contributed by atoms with Crippen LogP contribution in [0.1, 0.15) is 25.3 Å². The lowest BCUT2D eigenvalue weighted by atomic mass is 9.93. The monoisotopic (exact) mass is 362 g/mol. The van der Waals surface area contributed by atoms with Crippen molar-refractivity contribution in [1.82, 2.24) is 4.57 Å². The summed E-state index contributed by atoms with van der Waals surface area (Å²) in [4.78, 5) is 48.1. The number of aromatic nitrogens is 1. The first-order valence-corrected chi connectivity index (χ1v) is 7.94. The van der Waals surface area contributed by atoms with Gasteiger partial charge >= 0.3 is 23.2 Å². The van der Waals surface area contributed by atoms with E-state index < -0.39 is 34.0 Å². The van der Waals surface area contributed by atoms with Crippen molar-refractivity contribution >= 4 is 28.5 Å². The molecular weight excluding hydrogens is 344 g/mol. The predicted octanol–water partition coefficient (Wildman–Crippen LogP) is 1.66. The molecule has 0 saturated heterocycles. The maximum absolute atomic E-state index is 12.5. The molecule has 1 aromatic heterocycles. The van der Waals surface area contributed by atoms with Crippen LogP contribution in [0.5, 0.6) is 0 Å². The molecule has 0 atom stereocenters. The van der Waals surface area contributed by atoms with E-state index in [4.69, 9.17) is 9.47 Å². The molecule has 0 aliphatic heterocycles. The topological polar surface area (TPSA) is 118 Å². The molecule has 2 rings (SSSR count). The van der Waals surface area contributed by atoms with Crippen LogP contribution in [0.4, 0.5) is 5.69 Å². The Morgan fingerprint density at radius 3 is 2.19 bits per heavy atom. The normalized spacial score (nSPS) is 10.8.